The molecule has 0 bridgehead atoms. The summed E-state index contributed by atoms with van der Waals surface area (Å²) in [5, 5.41) is 9.23. The number of pyridine rings is 1. The molecule has 0 saturated heterocycles. The van der Waals surface area contributed by atoms with Gasteiger partial charge in [0.2, 0.25) is 5.16 Å². The number of aromatic nitrogens is 5. The van der Waals surface area contributed by atoms with Crippen LogP contribution in [0.15, 0.2) is 53.9 Å². The monoisotopic (exact) mass is 375 g/mol. The van der Waals surface area contributed by atoms with Crippen LogP contribution >= 0.6 is 35.0 Å². The minimum atomic E-state index is 0.676. The molecule has 0 aliphatic rings. The van der Waals surface area contributed by atoms with Gasteiger partial charge in [0.1, 0.15) is 5.65 Å². The molecule has 120 valence electrons. The van der Waals surface area contributed by atoms with Crippen molar-refractivity contribution in [1.29, 1.82) is 0 Å². The van der Waals surface area contributed by atoms with E-state index in [-0.39, 0.29) is 0 Å². The highest BCUT2D eigenvalue weighted by Gasteiger charge is 2.08. The lowest BCUT2D eigenvalue weighted by atomic mass is 10.2. The molecule has 0 spiro atoms. The smallest absolute Gasteiger partial charge is 0.209 e. The fourth-order valence-corrected chi connectivity index (χ4v) is 3.25. The molecule has 4 aromatic rings. The van der Waals surface area contributed by atoms with Gasteiger partial charge in [0.15, 0.2) is 5.82 Å². The Morgan fingerprint density at radius 3 is 2.58 bits per heavy atom. The van der Waals surface area contributed by atoms with Crippen LogP contribution in [0.3, 0.4) is 0 Å². The molecule has 3 aromatic heterocycles. The highest BCUT2D eigenvalue weighted by molar-refractivity contribution is 7.98. The van der Waals surface area contributed by atoms with E-state index < -0.39 is 0 Å². The van der Waals surface area contributed by atoms with Crippen LogP contribution in [0.4, 0.5) is 0 Å². The van der Waals surface area contributed by atoms with E-state index in [0.717, 1.165) is 22.7 Å². The molecule has 24 heavy (non-hydrogen) atoms. The first-order chi connectivity index (χ1) is 11.7. The largest absolute Gasteiger partial charge is 0.305 e. The van der Waals surface area contributed by atoms with Crippen molar-refractivity contribution < 1.29 is 0 Å². The van der Waals surface area contributed by atoms with Crippen LogP contribution in [0.1, 0.15) is 5.69 Å². The van der Waals surface area contributed by atoms with Crippen LogP contribution in [0, 0.1) is 0 Å². The Labute approximate surface area is 152 Å². The van der Waals surface area contributed by atoms with E-state index in [9.17, 15) is 0 Å². The SMILES string of the molecule is Clc1ccc(-c2nc(SCc3cn4cc(Cl)ccc4n3)n[nH]2)cc1. The Morgan fingerprint density at radius 1 is 0.958 bits per heavy atom. The Balaban J connectivity index is 1.48. The number of rotatable bonds is 4. The maximum atomic E-state index is 5.99. The van der Waals surface area contributed by atoms with E-state index in [1.807, 2.05) is 53.2 Å². The van der Waals surface area contributed by atoms with Gasteiger partial charge in [-0.2, -0.15) is 0 Å². The zero-order valence-electron chi connectivity index (χ0n) is 12.3. The zero-order chi connectivity index (χ0) is 16.5. The predicted octanol–water partition coefficient (Wildman–Crippen LogP) is 4.72. The minimum absolute atomic E-state index is 0.676. The van der Waals surface area contributed by atoms with Crippen molar-refractivity contribution >= 4 is 40.6 Å². The first kappa shape index (κ1) is 15.5. The Hall–Kier alpha value is -2.02. The lowest BCUT2D eigenvalue weighted by Gasteiger charge is -1.95. The van der Waals surface area contributed by atoms with Gasteiger partial charge in [-0.3, -0.25) is 5.10 Å². The molecule has 0 aliphatic carbocycles. The van der Waals surface area contributed by atoms with Crippen LogP contribution < -0.4 is 0 Å². The number of H-pyrrole nitrogens is 1. The van der Waals surface area contributed by atoms with Gasteiger partial charge in [-0.05, 0) is 36.4 Å². The van der Waals surface area contributed by atoms with Crippen molar-refractivity contribution in [1.82, 2.24) is 24.6 Å². The summed E-state index contributed by atoms with van der Waals surface area (Å²) in [6.45, 7) is 0. The average Bonchev–Trinajstić information content (AvgIpc) is 3.19. The molecule has 3 heterocycles. The van der Waals surface area contributed by atoms with E-state index >= 15 is 0 Å². The summed E-state index contributed by atoms with van der Waals surface area (Å²) in [5.41, 5.74) is 2.76. The van der Waals surface area contributed by atoms with Crippen LogP contribution in [0.25, 0.3) is 17.0 Å². The summed E-state index contributed by atoms with van der Waals surface area (Å²) in [7, 11) is 0. The van der Waals surface area contributed by atoms with Crippen LogP contribution in [0.2, 0.25) is 10.0 Å². The maximum absolute atomic E-state index is 5.99. The van der Waals surface area contributed by atoms with E-state index in [2.05, 4.69) is 20.2 Å². The fourth-order valence-electron chi connectivity index (χ4n) is 2.27. The zero-order valence-corrected chi connectivity index (χ0v) is 14.6. The molecule has 4 rings (SSSR count). The third-order valence-corrected chi connectivity index (χ3v) is 4.75. The van der Waals surface area contributed by atoms with Gasteiger partial charge in [0.25, 0.3) is 0 Å². The van der Waals surface area contributed by atoms with Crippen LogP contribution in [-0.2, 0) is 5.75 Å². The molecule has 0 amide bonds. The van der Waals surface area contributed by atoms with E-state index in [1.54, 1.807) is 0 Å². The number of hydrogen-bond donors (Lipinski definition) is 1. The molecule has 0 radical (unpaired) electrons. The highest BCUT2D eigenvalue weighted by Crippen LogP contribution is 2.23. The van der Waals surface area contributed by atoms with Gasteiger partial charge in [-0.1, -0.05) is 35.0 Å². The van der Waals surface area contributed by atoms with Crippen molar-refractivity contribution in [3.63, 3.8) is 0 Å². The maximum Gasteiger partial charge on any atom is 0.209 e. The first-order valence-corrected chi connectivity index (χ1v) is 8.86. The van der Waals surface area contributed by atoms with E-state index in [0.29, 0.717) is 21.0 Å². The summed E-state index contributed by atoms with van der Waals surface area (Å²) in [6, 6.07) is 11.2. The molecule has 0 unspecified atom stereocenters. The summed E-state index contributed by atoms with van der Waals surface area (Å²) in [5.74, 6) is 1.40. The Kier molecular flexibility index (Phi) is 4.18. The number of nitrogens with one attached hydrogen (secondary N) is 1. The number of halogens is 2. The van der Waals surface area contributed by atoms with Crippen LogP contribution in [-0.4, -0.2) is 24.6 Å². The molecule has 0 fully saturated rings. The summed E-state index contributed by atoms with van der Waals surface area (Å²) < 4.78 is 1.91. The number of nitrogens with zero attached hydrogens (tertiary/aromatic N) is 4. The fraction of sp³-hybridized carbons (Fsp3) is 0.0625. The molecule has 8 heteroatoms. The van der Waals surface area contributed by atoms with Crippen LogP contribution in [0.5, 0.6) is 0 Å². The molecule has 1 N–H and O–H groups in total. The van der Waals surface area contributed by atoms with Crippen molar-refractivity contribution in [2.24, 2.45) is 0 Å². The second-order valence-electron chi connectivity index (χ2n) is 5.11. The molecular weight excluding hydrogens is 365 g/mol. The second-order valence-corrected chi connectivity index (χ2v) is 6.92. The number of aromatic amines is 1. The highest BCUT2D eigenvalue weighted by atomic mass is 35.5. The summed E-state index contributed by atoms with van der Waals surface area (Å²) in [6.07, 6.45) is 3.80. The van der Waals surface area contributed by atoms with Gasteiger partial charge in [-0.25, -0.2) is 9.97 Å². The first-order valence-electron chi connectivity index (χ1n) is 7.12. The van der Waals surface area contributed by atoms with E-state index in [4.69, 9.17) is 23.2 Å². The molecule has 0 atom stereocenters. The topological polar surface area (TPSA) is 58.9 Å². The lowest BCUT2D eigenvalue weighted by Crippen LogP contribution is -1.82. The Morgan fingerprint density at radius 2 is 1.75 bits per heavy atom. The quantitative estimate of drug-likeness (QED) is 0.524. The number of benzene rings is 1. The molecule has 0 saturated carbocycles. The van der Waals surface area contributed by atoms with Gasteiger partial charge in [0.05, 0.1) is 10.7 Å². The summed E-state index contributed by atoms with van der Waals surface area (Å²) >= 11 is 13.4. The second kappa shape index (κ2) is 6.47. The van der Waals surface area contributed by atoms with Crippen molar-refractivity contribution in [3.8, 4) is 11.4 Å². The third-order valence-electron chi connectivity index (χ3n) is 3.40. The standard InChI is InChI=1S/C16H11Cl2N5S/c17-11-3-1-10(2-4-11)15-20-16(22-21-15)24-9-13-8-23-7-12(18)5-6-14(23)19-13/h1-8H,9H2,(H,20,21,22). The number of fused-ring (bicyclic) bond motifs is 1. The number of hydrogen-bond acceptors (Lipinski definition) is 4. The van der Waals surface area contributed by atoms with Crippen molar-refractivity contribution in [3.05, 3.63) is 64.5 Å². The molecule has 0 aliphatic heterocycles. The molecule has 5 nitrogen and oxygen atoms in total. The van der Waals surface area contributed by atoms with Gasteiger partial charge in [0, 0.05) is 28.7 Å². The van der Waals surface area contributed by atoms with Gasteiger partial charge < -0.3 is 4.40 Å². The number of imidazole rings is 1. The molecular formula is C16H11Cl2N5S. The third kappa shape index (κ3) is 3.26. The van der Waals surface area contributed by atoms with Crippen molar-refractivity contribution in [2.45, 2.75) is 10.9 Å². The molecule has 1 aromatic carbocycles. The Bertz CT molecular complexity index is 993. The lowest BCUT2D eigenvalue weighted by molar-refractivity contribution is 0.972. The predicted molar refractivity (Wildman–Crippen MR) is 96.6 cm³/mol. The summed E-state index contributed by atoms with van der Waals surface area (Å²) in [4.78, 5) is 9.04. The average molecular weight is 376 g/mol. The van der Waals surface area contributed by atoms with E-state index in [1.165, 1.54) is 11.8 Å². The van der Waals surface area contributed by atoms with Gasteiger partial charge >= 0.3 is 0 Å². The minimum Gasteiger partial charge on any atom is -0.305 e. The van der Waals surface area contributed by atoms with Gasteiger partial charge in [-0.15, -0.1) is 5.10 Å². The number of thioether (sulfide) groups is 1. The van der Waals surface area contributed by atoms with Crippen molar-refractivity contribution in [2.75, 3.05) is 0 Å². The normalized spacial score (nSPS) is 11.2.